The van der Waals surface area contributed by atoms with Crippen LogP contribution in [0.1, 0.15) is 11.1 Å². The van der Waals surface area contributed by atoms with Crippen LogP contribution in [0.4, 0.5) is 0 Å². The zero-order chi connectivity index (χ0) is 13.0. The van der Waals surface area contributed by atoms with Gasteiger partial charge in [-0.1, -0.05) is 23.9 Å². The maximum atomic E-state index is 9.13. The molecule has 0 aliphatic heterocycles. The van der Waals surface area contributed by atoms with E-state index in [0.29, 0.717) is 5.56 Å². The van der Waals surface area contributed by atoms with Crippen LogP contribution in [0, 0.1) is 18.3 Å². The fourth-order valence-corrected chi connectivity index (χ4v) is 2.54. The minimum absolute atomic E-state index is 0.711. The Morgan fingerprint density at radius 2 is 2.00 bits per heavy atom. The molecule has 0 atom stereocenters. The van der Waals surface area contributed by atoms with E-state index < -0.39 is 0 Å². The van der Waals surface area contributed by atoms with Crippen LogP contribution in [0.2, 0.25) is 0 Å². The van der Waals surface area contributed by atoms with Gasteiger partial charge in [0.2, 0.25) is 0 Å². The van der Waals surface area contributed by atoms with Gasteiger partial charge < -0.3 is 4.74 Å². The lowest BCUT2D eigenvalue weighted by Crippen LogP contribution is -1.85. The number of hydrogen-bond donors (Lipinski definition) is 0. The minimum Gasteiger partial charge on any atom is -0.497 e. The van der Waals surface area contributed by atoms with Crippen molar-refractivity contribution in [2.45, 2.75) is 16.7 Å². The van der Waals surface area contributed by atoms with Crippen molar-refractivity contribution in [3.05, 3.63) is 53.6 Å². The van der Waals surface area contributed by atoms with Gasteiger partial charge in [-0.15, -0.1) is 0 Å². The van der Waals surface area contributed by atoms with Gasteiger partial charge in [-0.05, 0) is 42.8 Å². The number of ether oxygens (including phenoxy) is 1. The number of nitriles is 1. The predicted molar refractivity (Wildman–Crippen MR) is 73.0 cm³/mol. The van der Waals surface area contributed by atoms with Gasteiger partial charge in [0.15, 0.2) is 0 Å². The van der Waals surface area contributed by atoms with Gasteiger partial charge in [0, 0.05) is 9.79 Å². The predicted octanol–water partition coefficient (Wildman–Crippen LogP) is 4.03. The molecule has 0 amide bonds. The number of rotatable bonds is 3. The standard InChI is InChI=1S/C15H13NOS/c1-11-6-7-15(12(8-11)10-16)18-14-5-3-4-13(9-14)17-2/h3-9H,1-2H3. The number of hydrogen-bond acceptors (Lipinski definition) is 3. The van der Waals surface area contributed by atoms with E-state index in [1.54, 1.807) is 18.9 Å². The van der Waals surface area contributed by atoms with Crippen molar-refractivity contribution in [3.63, 3.8) is 0 Å². The molecular weight excluding hydrogens is 242 g/mol. The molecule has 0 aliphatic carbocycles. The molecule has 0 saturated carbocycles. The van der Waals surface area contributed by atoms with Gasteiger partial charge in [-0.3, -0.25) is 0 Å². The normalized spacial score (nSPS) is 9.83. The van der Waals surface area contributed by atoms with Crippen LogP contribution in [-0.4, -0.2) is 7.11 Å². The Kier molecular flexibility index (Phi) is 3.91. The van der Waals surface area contributed by atoms with Crippen LogP contribution in [0.5, 0.6) is 5.75 Å². The summed E-state index contributed by atoms with van der Waals surface area (Å²) in [7, 11) is 1.65. The molecule has 2 nitrogen and oxygen atoms in total. The van der Waals surface area contributed by atoms with Crippen molar-refractivity contribution in [2.75, 3.05) is 7.11 Å². The highest BCUT2D eigenvalue weighted by molar-refractivity contribution is 7.99. The Morgan fingerprint density at radius 1 is 1.17 bits per heavy atom. The molecule has 0 spiro atoms. The summed E-state index contributed by atoms with van der Waals surface area (Å²) in [6.07, 6.45) is 0. The molecular formula is C15H13NOS. The molecule has 0 unspecified atom stereocenters. The van der Waals surface area contributed by atoms with Crippen LogP contribution < -0.4 is 4.74 Å². The van der Waals surface area contributed by atoms with E-state index in [0.717, 1.165) is 21.1 Å². The van der Waals surface area contributed by atoms with Crippen LogP contribution in [0.25, 0.3) is 0 Å². The first-order valence-electron chi connectivity index (χ1n) is 5.55. The fraction of sp³-hybridized carbons (Fsp3) is 0.133. The highest BCUT2D eigenvalue weighted by Crippen LogP contribution is 2.32. The summed E-state index contributed by atoms with van der Waals surface area (Å²) in [5, 5.41) is 9.13. The second kappa shape index (κ2) is 5.61. The molecule has 0 aliphatic rings. The smallest absolute Gasteiger partial charge is 0.119 e. The number of methoxy groups -OCH3 is 1. The van der Waals surface area contributed by atoms with Gasteiger partial charge in [-0.2, -0.15) is 5.26 Å². The van der Waals surface area contributed by atoms with Crippen molar-refractivity contribution >= 4 is 11.8 Å². The van der Waals surface area contributed by atoms with Crippen LogP contribution >= 0.6 is 11.8 Å². The first-order valence-corrected chi connectivity index (χ1v) is 6.37. The monoisotopic (exact) mass is 255 g/mol. The first kappa shape index (κ1) is 12.5. The van der Waals surface area contributed by atoms with Gasteiger partial charge in [0.05, 0.1) is 12.7 Å². The van der Waals surface area contributed by atoms with E-state index in [2.05, 4.69) is 6.07 Å². The van der Waals surface area contributed by atoms with E-state index in [1.165, 1.54) is 0 Å². The van der Waals surface area contributed by atoms with Gasteiger partial charge in [0.25, 0.3) is 0 Å². The molecule has 2 aromatic rings. The zero-order valence-electron chi connectivity index (χ0n) is 10.3. The molecule has 2 aromatic carbocycles. The number of benzene rings is 2. The summed E-state index contributed by atoms with van der Waals surface area (Å²) < 4.78 is 5.19. The highest BCUT2D eigenvalue weighted by Gasteiger charge is 2.05. The third-order valence-electron chi connectivity index (χ3n) is 2.52. The summed E-state index contributed by atoms with van der Waals surface area (Å²) in [6.45, 7) is 1.99. The van der Waals surface area contributed by atoms with Crippen molar-refractivity contribution in [1.82, 2.24) is 0 Å². The lowest BCUT2D eigenvalue weighted by molar-refractivity contribution is 0.413. The maximum Gasteiger partial charge on any atom is 0.119 e. The molecule has 0 bridgehead atoms. The quantitative estimate of drug-likeness (QED) is 0.830. The average Bonchev–Trinajstić information content (AvgIpc) is 2.41. The second-order valence-electron chi connectivity index (χ2n) is 3.89. The number of nitrogens with zero attached hydrogens (tertiary/aromatic N) is 1. The Labute approximate surface area is 111 Å². The van der Waals surface area contributed by atoms with Crippen molar-refractivity contribution in [3.8, 4) is 11.8 Å². The Morgan fingerprint density at radius 3 is 2.72 bits per heavy atom. The zero-order valence-corrected chi connectivity index (χ0v) is 11.1. The molecule has 0 aromatic heterocycles. The molecule has 3 heteroatoms. The third kappa shape index (κ3) is 2.85. The van der Waals surface area contributed by atoms with E-state index >= 15 is 0 Å². The fourth-order valence-electron chi connectivity index (χ4n) is 1.61. The van der Waals surface area contributed by atoms with Crippen LogP contribution in [0.15, 0.2) is 52.3 Å². The summed E-state index contributed by atoms with van der Waals surface area (Å²) in [5.74, 6) is 0.825. The third-order valence-corrected chi connectivity index (χ3v) is 3.59. The highest BCUT2D eigenvalue weighted by atomic mass is 32.2. The molecule has 18 heavy (non-hydrogen) atoms. The van der Waals surface area contributed by atoms with E-state index in [-0.39, 0.29) is 0 Å². The topological polar surface area (TPSA) is 33.0 Å². The largest absolute Gasteiger partial charge is 0.497 e. The van der Waals surface area contributed by atoms with Gasteiger partial charge >= 0.3 is 0 Å². The van der Waals surface area contributed by atoms with Crippen LogP contribution in [0.3, 0.4) is 0 Å². The van der Waals surface area contributed by atoms with E-state index in [4.69, 9.17) is 10.00 Å². The minimum atomic E-state index is 0.711. The molecule has 0 N–H and O–H groups in total. The molecule has 0 radical (unpaired) electrons. The Hall–Kier alpha value is -1.92. The SMILES string of the molecule is COc1cccc(Sc2ccc(C)cc2C#N)c1. The van der Waals surface area contributed by atoms with E-state index in [1.807, 2.05) is 49.4 Å². The van der Waals surface area contributed by atoms with Crippen molar-refractivity contribution < 1.29 is 4.74 Å². The molecule has 0 fully saturated rings. The second-order valence-corrected chi connectivity index (χ2v) is 5.01. The van der Waals surface area contributed by atoms with E-state index in [9.17, 15) is 0 Å². The maximum absolute atomic E-state index is 9.13. The summed E-state index contributed by atoms with van der Waals surface area (Å²) >= 11 is 1.57. The van der Waals surface area contributed by atoms with Gasteiger partial charge in [0.1, 0.15) is 11.8 Å². The van der Waals surface area contributed by atoms with Gasteiger partial charge in [-0.25, -0.2) is 0 Å². The summed E-state index contributed by atoms with van der Waals surface area (Å²) in [5.41, 5.74) is 1.81. The summed E-state index contributed by atoms with van der Waals surface area (Å²) in [6, 6.07) is 16.0. The number of aryl methyl sites for hydroxylation is 1. The lowest BCUT2D eigenvalue weighted by atomic mass is 10.2. The molecule has 0 heterocycles. The van der Waals surface area contributed by atoms with Crippen molar-refractivity contribution in [2.24, 2.45) is 0 Å². The Bertz CT molecular complexity index is 602. The average molecular weight is 255 g/mol. The van der Waals surface area contributed by atoms with Crippen molar-refractivity contribution in [1.29, 1.82) is 5.26 Å². The lowest BCUT2D eigenvalue weighted by Gasteiger charge is -2.06. The van der Waals surface area contributed by atoms with Crippen LogP contribution in [-0.2, 0) is 0 Å². The molecule has 0 saturated heterocycles. The molecule has 2 rings (SSSR count). The Balaban J connectivity index is 2.31. The first-order chi connectivity index (χ1) is 8.72. The molecule has 90 valence electrons. The summed E-state index contributed by atoms with van der Waals surface area (Å²) in [4.78, 5) is 2.03.